The van der Waals surface area contributed by atoms with Crippen molar-refractivity contribution in [1.82, 2.24) is 4.90 Å². The van der Waals surface area contributed by atoms with Crippen molar-refractivity contribution in [3.63, 3.8) is 0 Å². The minimum absolute atomic E-state index is 0.0266. The van der Waals surface area contributed by atoms with Crippen molar-refractivity contribution >= 4 is 5.91 Å². The maximum Gasteiger partial charge on any atom is 0.254 e. The Hall–Kier alpha value is -1.79. The maximum atomic E-state index is 12.8. The molecule has 1 amide bonds. The molecule has 2 saturated heterocycles. The lowest BCUT2D eigenvalue weighted by Gasteiger charge is -2.20. The Morgan fingerprint density at radius 3 is 1.67 bits per heavy atom. The highest BCUT2D eigenvalue weighted by Gasteiger charge is 2.49. The lowest BCUT2D eigenvalue weighted by Crippen LogP contribution is -2.30. The second-order valence-electron chi connectivity index (χ2n) is 8.21. The van der Waals surface area contributed by atoms with E-state index in [1.165, 1.54) is 0 Å². The number of benzene rings is 1. The third-order valence-corrected chi connectivity index (χ3v) is 5.31. The van der Waals surface area contributed by atoms with Gasteiger partial charge in [0, 0.05) is 24.7 Å². The van der Waals surface area contributed by atoms with E-state index in [1.807, 2.05) is 47.6 Å². The fourth-order valence-corrected chi connectivity index (χ4v) is 3.03. The zero-order valence-electron chi connectivity index (χ0n) is 17.2. The van der Waals surface area contributed by atoms with Crippen LogP contribution in [0.4, 0.5) is 0 Å². The molecule has 3 rings (SSSR count). The minimum Gasteiger partial charge on any atom is -0.491 e. The molecule has 2 aliphatic rings. The van der Waals surface area contributed by atoms with Crippen LogP contribution in [0, 0.1) is 0 Å². The van der Waals surface area contributed by atoms with Gasteiger partial charge < -0.3 is 23.8 Å². The van der Waals surface area contributed by atoms with Gasteiger partial charge in [-0.25, -0.2) is 0 Å². The molecule has 0 aliphatic carbocycles. The number of rotatable bonds is 9. The Morgan fingerprint density at radius 2 is 1.33 bits per heavy atom. The normalized spacial score (nSPS) is 24.2. The molecule has 0 N–H and O–H groups in total. The van der Waals surface area contributed by atoms with Crippen LogP contribution < -0.4 is 9.47 Å². The summed E-state index contributed by atoms with van der Waals surface area (Å²) in [5, 5.41) is 0. The standard InChI is InChI=1S/C21H31NO5/c1-7-22(8-2)19(23)14-9-15(24-12-17-20(3,4)26-17)11-16(10-14)25-13-18-21(5,6)27-18/h9-11,17-18H,7-8,12-13H2,1-6H3. The first-order chi connectivity index (χ1) is 12.7. The van der Waals surface area contributed by atoms with E-state index in [0.29, 0.717) is 43.4 Å². The van der Waals surface area contributed by atoms with E-state index in [2.05, 4.69) is 0 Å². The smallest absolute Gasteiger partial charge is 0.254 e. The zero-order valence-corrected chi connectivity index (χ0v) is 17.2. The highest BCUT2D eigenvalue weighted by Crippen LogP contribution is 2.37. The molecule has 1 aromatic rings. The van der Waals surface area contributed by atoms with Crippen molar-refractivity contribution in [3.8, 4) is 11.5 Å². The SMILES string of the molecule is CCN(CC)C(=O)c1cc(OCC2OC2(C)C)cc(OCC2OC2(C)C)c1. The van der Waals surface area contributed by atoms with Crippen LogP contribution in [0.2, 0.25) is 0 Å². The van der Waals surface area contributed by atoms with E-state index in [0.717, 1.165) is 0 Å². The third-order valence-electron chi connectivity index (χ3n) is 5.31. The van der Waals surface area contributed by atoms with Crippen molar-refractivity contribution in [2.45, 2.75) is 65.0 Å². The summed E-state index contributed by atoms with van der Waals surface area (Å²) in [6.45, 7) is 14.3. The number of hydrogen-bond acceptors (Lipinski definition) is 5. The van der Waals surface area contributed by atoms with Crippen molar-refractivity contribution in [1.29, 1.82) is 0 Å². The van der Waals surface area contributed by atoms with Crippen LogP contribution in [0.25, 0.3) is 0 Å². The Balaban J connectivity index is 1.73. The van der Waals surface area contributed by atoms with Crippen LogP contribution in [0.15, 0.2) is 18.2 Å². The van der Waals surface area contributed by atoms with Crippen LogP contribution in [0.3, 0.4) is 0 Å². The first kappa shape index (κ1) is 20.0. The largest absolute Gasteiger partial charge is 0.491 e. The molecule has 0 aromatic heterocycles. The highest BCUT2D eigenvalue weighted by atomic mass is 16.6. The van der Waals surface area contributed by atoms with E-state index in [-0.39, 0.29) is 29.3 Å². The summed E-state index contributed by atoms with van der Waals surface area (Å²) in [5.74, 6) is 1.21. The molecule has 2 aliphatic heterocycles. The van der Waals surface area contributed by atoms with Gasteiger partial charge in [0.05, 0.1) is 11.2 Å². The van der Waals surface area contributed by atoms with Crippen molar-refractivity contribution < 1.29 is 23.7 Å². The molecule has 0 spiro atoms. The summed E-state index contributed by atoms with van der Waals surface area (Å²) in [4.78, 5) is 14.6. The molecule has 0 bridgehead atoms. The summed E-state index contributed by atoms with van der Waals surface area (Å²) in [6.07, 6.45) is 0.148. The lowest BCUT2D eigenvalue weighted by atomic mass is 10.1. The summed E-state index contributed by atoms with van der Waals surface area (Å²) >= 11 is 0. The molecule has 0 radical (unpaired) electrons. The predicted molar refractivity (Wildman–Crippen MR) is 103 cm³/mol. The van der Waals surface area contributed by atoms with Gasteiger partial charge in [-0.15, -0.1) is 0 Å². The van der Waals surface area contributed by atoms with Gasteiger partial charge in [0.2, 0.25) is 0 Å². The van der Waals surface area contributed by atoms with Crippen molar-refractivity contribution in [2.24, 2.45) is 0 Å². The van der Waals surface area contributed by atoms with Gasteiger partial charge in [0.25, 0.3) is 5.91 Å². The quantitative estimate of drug-likeness (QED) is 0.618. The van der Waals surface area contributed by atoms with Gasteiger partial charge in [0.15, 0.2) is 0 Å². The van der Waals surface area contributed by atoms with Gasteiger partial charge >= 0.3 is 0 Å². The first-order valence-corrected chi connectivity index (χ1v) is 9.72. The first-order valence-electron chi connectivity index (χ1n) is 9.72. The Labute approximate surface area is 161 Å². The molecular weight excluding hydrogens is 346 g/mol. The van der Waals surface area contributed by atoms with Crippen LogP contribution in [-0.4, -0.2) is 60.5 Å². The number of carbonyl (C=O) groups excluding carboxylic acids is 1. The second kappa shape index (κ2) is 7.32. The lowest BCUT2D eigenvalue weighted by molar-refractivity contribution is 0.0772. The molecule has 150 valence electrons. The van der Waals surface area contributed by atoms with Crippen LogP contribution in [-0.2, 0) is 9.47 Å². The van der Waals surface area contributed by atoms with Gasteiger partial charge in [-0.3, -0.25) is 4.79 Å². The van der Waals surface area contributed by atoms with Gasteiger partial charge in [-0.2, -0.15) is 0 Å². The fourth-order valence-electron chi connectivity index (χ4n) is 3.03. The monoisotopic (exact) mass is 377 g/mol. The van der Waals surface area contributed by atoms with E-state index in [4.69, 9.17) is 18.9 Å². The molecule has 2 fully saturated rings. The molecule has 2 atom stereocenters. The maximum absolute atomic E-state index is 12.8. The number of carbonyl (C=O) groups is 1. The summed E-state index contributed by atoms with van der Waals surface area (Å²) < 4.78 is 22.9. The van der Waals surface area contributed by atoms with E-state index < -0.39 is 0 Å². The number of epoxide rings is 2. The van der Waals surface area contributed by atoms with Crippen LogP contribution in [0.5, 0.6) is 11.5 Å². The van der Waals surface area contributed by atoms with Crippen molar-refractivity contribution in [3.05, 3.63) is 23.8 Å². The zero-order chi connectivity index (χ0) is 19.8. The van der Waals surface area contributed by atoms with Crippen molar-refractivity contribution in [2.75, 3.05) is 26.3 Å². The Bertz CT molecular complexity index is 652. The van der Waals surface area contributed by atoms with E-state index in [1.54, 1.807) is 17.0 Å². The fraction of sp³-hybridized carbons (Fsp3) is 0.667. The molecule has 1 aromatic carbocycles. The highest BCUT2D eigenvalue weighted by molar-refractivity contribution is 5.95. The average Bonchev–Trinajstić information content (AvgIpc) is 3.45. The average molecular weight is 377 g/mol. The van der Waals surface area contributed by atoms with E-state index >= 15 is 0 Å². The minimum atomic E-state index is -0.136. The number of ether oxygens (including phenoxy) is 4. The van der Waals surface area contributed by atoms with Crippen LogP contribution in [0.1, 0.15) is 51.9 Å². The molecule has 2 heterocycles. The molecule has 0 saturated carbocycles. The van der Waals surface area contributed by atoms with Crippen LogP contribution >= 0.6 is 0 Å². The number of hydrogen-bond donors (Lipinski definition) is 0. The molecular formula is C21H31NO5. The Kier molecular flexibility index (Phi) is 5.41. The van der Waals surface area contributed by atoms with Gasteiger partial charge in [-0.1, -0.05) is 0 Å². The molecule has 2 unspecified atom stereocenters. The predicted octanol–water partition coefficient (Wildman–Crippen LogP) is 3.28. The number of amides is 1. The molecule has 6 heteroatoms. The third kappa shape index (κ3) is 4.74. The Morgan fingerprint density at radius 1 is 0.926 bits per heavy atom. The second-order valence-corrected chi connectivity index (χ2v) is 8.21. The summed E-state index contributed by atoms with van der Waals surface area (Å²) in [5.41, 5.74) is 0.296. The summed E-state index contributed by atoms with van der Waals surface area (Å²) in [6, 6.07) is 5.38. The number of nitrogens with zero attached hydrogens (tertiary/aromatic N) is 1. The molecule has 6 nitrogen and oxygen atoms in total. The van der Waals surface area contributed by atoms with Gasteiger partial charge in [0.1, 0.15) is 36.9 Å². The topological polar surface area (TPSA) is 63.8 Å². The van der Waals surface area contributed by atoms with Gasteiger partial charge in [-0.05, 0) is 53.7 Å². The summed E-state index contributed by atoms with van der Waals surface area (Å²) in [7, 11) is 0. The molecule has 27 heavy (non-hydrogen) atoms. The van der Waals surface area contributed by atoms with E-state index in [9.17, 15) is 4.79 Å².